The molecule has 3 aromatic carbocycles. The molecule has 2 aliphatic heterocycles. The van der Waals surface area contributed by atoms with Gasteiger partial charge in [0.15, 0.2) is 0 Å². The van der Waals surface area contributed by atoms with Crippen molar-refractivity contribution in [3.05, 3.63) is 89.0 Å². The van der Waals surface area contributed by atoms with Crippen LogP contribution in [0.3, 0.4) is 0 Å². The number of carbonyl (C=O) groups is 1. The Balaban J connectivity index is 1.41. The quantitative estimate of drug-likeness (QED) is 0.765. The topological polar surface area (TPSA) is 47.6 Å². The lowest BCUT2D eigenvalue weighted by Gasteiger charge is -2.28. The normalized spacial score (nSPS) is 14.4. The van der Waals surface area contributed by atoms with Gasteiger partial charge in [-0.3, -0.25) is 4.79 Å². The number of para-hydroxylation sites is 2. The van der Waals surface area contributed by atoms with Crippen molar-refractivity contribution < 1.29 is 14.3 Å². The van der Waals surface area contributed by atoms with Crippen LogP contribution in [0.25, 0.3) is 0 Å². The Morgan fingerprint density at radius 1 is 0.926 bits per heavy atom. The number of benzene rings is 3. The number of ether oxygens (including phenoxy) is 2. The maximum Gasteiger partial charge on any atom is 0.225 e. The number of carbonyl (C=O) groups excluding carboxylic acids is 1. The Morgan fingerprint density at radius 2 is 1.63 bits per heavy atom. The van der Waals surface area contributed by atoms with Gasteiger partial charge in [-0.2, -0.15) is 0 Å². The van der Waals surface area contributed by atoms with Crippen molar-refractivity contribution in [1.29, 1.82) is 0 Å². The number of amides is 1. The fourth-order valence-corrected chi connectivity index (χ4v) is 3.81. The third-order valence-corrected chi connectivity index (χ3v) is 5.10. The average molecular weight is 357 g/mol. The Kier molecular flexibility index (Phi) is 3.82. The van der Waals surface area contributed by atoms with Gasteiger partial charge in [0.25, 0.3) is 0 Å². The van der Waals surface area contributed by atoms with E-state index in [1.165, 1.54) is 5.56 Å². The van der Waals surface area contributed by atoms with E-state index in [0.29, 0.717) is 6.42 Å². The van der Waals surface area contributed by atoms with Crippen LogP contribution in [0.4, 0.5) is 0 Å². The van der Waals surface area contributed by atoms with Crippen molar-refractivity contribution in [2.75, 3.05) is 6.61 Å². The summed E-state index contributed by atoms with van der Waals surface area (Å²) >= 11 is 0. The van der Waals surface area contributed by atoms with Gasteiger partial charge in [0, 0.05) is 17.5 Å². The molecule has 27 heavy (non-hydrogen) atoms. The smallest absolute Gasteiger partial charge is 0.225 e. The third kappa shape index (κ3) is 2.93. The molecule has 3 aromatic rings. The van der Waals surface area contributed by atoms with Crippen LogP contribution in [0.2, 0.25) is 0 Å². The lowest BCUT2D eigenvalue weighted by molar-refractivity contribution is -0.121. The van der Waals surface area contributed by atoms with Crippen molar-refractivity contribution >= 4 is 5.91 Å². The van der Waals surface area contributed by atoms with Gasteiger partial charge in [-0.05, 0) is 29.3 Å². The fourth-order valence-electron chi connectivity index (χ4n) is 3.81. The van der Waals surface area contributed by atoms with Crippen molar-refractivity contribution in [3.8, 4) is 17.2 Å². The lowest BCUT2D eigenvalue weighted by atomic mass is 9.94. The van der Waals surface area contributed by atoms with E-state index in [9.17, 15) is 4.79 Å². The van der Waals surface area contributed by atoms with E-state index in [1.54, 1.807) is 0 Å². The standard InChI is InChI=1S/C23H19NO3/c25-22(14-15-9-10-19-16(13-15)11-12-26-19)24-23-17-5-1-3-7-20(17)27-21-8-4-2-6-18(21)23/h1-10,13,23H,11-12,14H2,(H,24,25). The number of fused-ring (bicyclic) bond motifs is 3. The minimum atomic E-state index is -0.212. The van der Waals surface area contributed by atoms with Crippen LogP contribution in [0, 0.1) is 0 Å². The molecule has 2 heterocycles. The van der Waals surface area contributed by atoms with E-state index in [-0.39, 0.29) is 11.9 Å². The van der Waals surface area contributed by atoms with E-state index in [2.05, 4.69) is 11.4 Å². The van der Waals surface area contributed by atoms with Gasteiger partial charge in [0.2, 0.25) is 5.91 Å². The lowest BCUT2D eigenvalue weighted by Crippen LogP contribution is -2.32. The zero-order valence-corrected chi connectivity index (χ0v) is 14.8. The van der Waals surface area contributed by atoms with Gasteiger partial charge in [-0.25, -0.2) is 0 Å². The van der Waals surface area contributed by atoms with Gasteiger partial charge < -0.3 is 14.8 Å². The summed E-state index contributed by atoms with van der Waals surface area (Å²) in [5.41, 5.74) is 4.14. The van der Waals surface area contributed by atoms with Crippen LogP contribution in [-0.4, -0.2) is 12.5 Å². The van der Waals surface area contributed by atoms with Crippen molar-refractivity contribution in [3.63, 3.8) is 0 Å². The summed E-state index contributed by atoms with van der Waals surface area (Å²) in [6, 6.07) is 21.5. The predicted molar refractivity (Wildman–Crippen MR) is 102 cm³/mol. The maximum absolute atomic E-state index is 12.8. The minimum Gasteiger partial charge on any atom is -0.493 e. The van der Waals surface area contributed by atoms with Crippen LogP contribution in [-0.2, 0) is 17.6 Å². The number of hydrogen-bond acceptors (Lipinski definition) is 3. The molecule has 4 nitrogen and oxygen atoms in total. The Hall–Kier alpha value is -3.27. The second-order valence-corrected chi connectivity index (χ2v) is 6.90. The van der Waals surface area contributed by atoms with E-state index < -0.39 is 0 Å². The SMILES string of the molecule is O=C(Cc1ccc2c(c1)CCO2)NC1c2ccccc2Oc2ccccc21. The van der Waals surface area contributed by atoms with Gasteiger partial charge in [-0.15, -0.1) is 0 Å². The highest BCUT2D eigenvalue weighted by Crippen LogP contribution is 2.42. The summed E-state index contributed by atoms with van der Waals surface area (Å²) in [5, 5.41) is 3.20. The molecule has 0 bridgehead atoms. The van der Waals surface area contributed by atoms with Crippen molar-refractivity contribution in [1.82, 2.24) is 5.32 Å². The first-order chi connectivity index (χ1) is 13.3. The second kappa shape index (κ2) is 6.47. The van der Waals surface area contributed by atoms with Gasteiger partial charge >= 0.3 is 0 Å². The van der Waals surface area contributed by atoms with Crippen molar-refractivity contribution in [2.45, 2.75) is 18.9 Å². The van der Waals surface area contributed by atoms with E-state index in [1.807, 2.05) is 60.7 Å². The van der Waals surface area contributed by atoms with Gasteiger partial charge in [0.1, 0.15) is 17.2 Å². The van der Waals surface area contributed by atoms with Crippen LogP contribution < -0.4 is 14.8 Å². The zero-order valence-electron chi connectivity index (χ0n) is 14.8. The third-order valence-electron chi connectivity index (χ3n) is 5.10. The summed E-state index contributed by atoms with van der Waals surface area (Å²) in [7, 11) is 0. The monoisotopic (exact) mass is 357 g/mol. The molecule has 0 fully saturated rings. The summed E-state index contributed by atoms with van der Waals surface area (Å²) in [5.74, 6) is 2.50. The first kappa shape index (κ1) is 15.9. The van der Waals surface area contributed by atoms with Gasteiger partial charge in [-0.1, -0.05) is 48.5 Å². The number of nitrogens with one attached hydrogen (secondary N) is 1. The predicted octanol–water partition coefficient (Wildman–Crippen LogP) is 4.18. The first-order valence-corrected chi connectivity index (χ1v) is 9.17. The Labute approximate surface area is 157 Å². The Bertz CT molecular complexity index is 982. The van der Waals surface area contributed by atoms with Crippen LogP contribution in [0.15, 0.2) is 66.7 Å². The largest absolute Gasteiger partial charge is 0.493 e. The first-order valence-electron chi connectivity index (χ1n) is 9.17. The second-order valence-electron chi connectivity index (χ2n) is 6.90. The summed E-state index contributed by atoms with van der Waals surface area (Å²) in [4.78, 5) is 12.8. The number of hydrogen-bond donors (Lipinski definition) is 1. The van der Waals surface area contributed by atoms with E-state index in [4.69, 9.17) is 9.47 Å². The highest BCUT2D eigenvalue weighted by atomic mass is 16.5. The molecular formula is C23H19NO3. The Morgan fingerprint density at radius 3 is 2.37 bits per heavy atom. The van der Waals surface area contributed by atoms with Crippen LogP contribution in [0.5, 0.6) is 17.2 Å². The molecule has 0 spiro atoms. The van der Waals surface area contributed by atoms with Gasteiger partial charge in [0.05, 0.1) is 19.1 Å². The molecule has 0 saturated carbocycles. The highest BCUT2D eigenvalue weighted by molar-refractivity contribution is 5.80. The molecule has 4 heteroatoms. The zero-order chi connectivity index (χ0) is 18.2. The molecule has 0 atom stereocenters. The molecule has 0 saturated heterocycles. The van der Waals surface area contributed by atoms with Crippen LogP contribution in [0.1, 0.15) is 28.3 Å². The molecule has 5 rings (SSSR count). The molecule has 2 aliphatic rings. The molecule has 0 unspecified atom stereocenters. The summed E-state index contributed by atoms with van der Waals surface area (Å²) in [6.07, 6.45) is 1.25. The molecule has 0 radical (unpaired) electrons. The molecule has 0 aliphatic carbocycles. The van der Waals surface area contributed by atoms with Crippen LogP contribution >= 0.6 is 0 Å². The molecule has 1 N–H and O–H groups in total. The average Bonchev–Trinajstić information content (AvgIpc) is 3.15. The van der Waals surface area contributed by atoms with E-state index in [0.717, 1.165) is 47.0 Å². The molecule has 0 aromatic heterocycles. The fraction of sp³-hybridized carbons (Fsp3) is 0.174. The molecule has 1 amide bonds. The summed E-state index contributed by atoms with van der Waals surface area (Å²) < 4.78 is 11.5. The highest BCUT2D eigenvalue weighted by Gasteiger charge is 2.28. The summed E-state index contributed by atoms with van der Waals surface area (Å²) in [6.45, 7) is 0.723. The minimum absolute atomic E-state index is 0.00892. The molecule has 134 valence electrons. The molecular weight excluding hydrogens is 338 g/mol. The maximum atomic E-state index is 12.8. The number of rotatable bonds is 3. The van der Waals surface area contributed by atoms with Crippen molar-refractivity contribution in [2.24, 2.45) is 0 Å². The van der Waals surface area contributed by atoms with E-state index >= 15 is 0 Å².